The van der Waals surface area contributed by atoms with E-state index in [0.717, 1.165) is 16.9 Å². The smallest absolute Gasteiger partial charge is 0.337 e. The number of hydrogen-bond donors (Lipinski definition) is 1. The molecule has 0 atom stereocenters. The lowest BCUT2D eigenvalue weighted by atomic mass is 10.1. The number of carbonyl (C=O) groups excluding carboxylic acids is 1. The van der Waals surface area contributed by atoms with E-state index in [1.165, 1.54) is 7.11 Å². The molecule has 0 aliphatic rings. The Labute approximate surface area is 118 Å². The number of esters is 1. The van der Waals surface area contributed by atoms with Crippen LogP contribution in [0.3, 0.4) is 0 Å². The second kappa shape index (κ2) is 5.65. The molecule has 4 nitrogen and oxygen atoms in total. The molecule has 2 rings (SSSR count). The predicted molar refractivity (Wildman–Crippen MR) is 81.4 cm³/mol. The molecule has 0 unspecified atom stereocenters. The molecule has 2 N–H and O–H groups in total. The molecule has 0 radical (unpaired) electrons. The van der Waals surface area contributed by atoms with Crippen molar-refractivity contribution >= 4 is 23.0 Å². The maximum atomic E-state index is 11.6. The molecule has 0 amide bonds. The number of methoxy groups -OCH3 is 1. The SMILES string of the molecule is COC(=O)c1ccc(N)c(N(C)c2ccccc2C)c1. The highest BCUT2D eigenvalue weighted by Gasteiger charge is 2.13. The average Bonchev–Trinajstić information content (AvgIpc) is 2.46. The van der Waals surface area contributed by atoms with Gasteiger partial charge in [-0.25, -0.2) is 4.79 Å². The van der Waals surface area contributed by atoms with Gasteiger partial charge in [0.2, 0.25) is 0 Å². The van der Waals surface area contributed by atoms with Crippen molar-refractivity contribution in [2.24, 2.45) is 0 Å². The third-order valence-corrected chi connectivity index (χ3v) is 3.29. The highest BCUT2D eigenvalue weighted by atomic mass is 16.5. The minimum atomic E-state index is -0.371. The Morgan fingerprint density at radius 3 is 2.50 bits per heavy atom. The van der Waals surface area contributed by atoms with E-state index in [4.69, 9.17) is 10.5 Å². The number of hydrogen-bond acceptors (Lipinski definition) is 4. The molecular weight excluding hydrogens is 252 g/mol. The quantitative estimate of drug-likeness (QED) is 0.687. The molecule has 0 spiro atoms. The van der Waals surface area contributed by atoms with Crippen LogP contribution in [0.4, 0.5) is 17.1 Å². The van der Waals surface area contributed by atoms with Crippen LogP contribution in [0.25, 0.3) is 0 Å². The van der Waals surface area contributed by atoms with E-state index in [-0.39, 0.29) is 5.97 Å². The number of aryl methyl sites for hydroxylation is 1. The number of nitrogens with zero attached hydrogens (tertiary/aromatic N) is 1. The van der Waals surface area contributed by atoms with E-state index < -0.39 is 0 Å². The van der Waals surface area contributed by atoms with Gasteiger partial charge in [-0.3, -0.25) is 0 Å². The van der Waals surface area contributed by atoms with Gasteiger partial charge >= 0.3 is 5.97 Å². The third kappa shape index (κ3) is 2.59. The fourth-order valence-corrected chi connectivity index (χ4v) is 2.15. The number of benzene rings is 2. The van der Waals surface area contributed by atoms with Crippen molar-refractivity contribution in [3.8, 4) is 0 Å². The van der Waals surface area contributed by atoms with Crippen molar-refractivity contribution in [1.29, 1.82) is 0 Å². The van der Waals surface area contributed by atoms with E-state index >= 15 is 0 Å². The van der Waals surface area contributed by atoms with Gasteiger partial charge in [0.1, 0.15) is 0 Å². The second-order valence-electron chi connectivity index (χ2n) is 4.61. The number of para-hydroxylation sites is 1. The minimum absolute atomic E-state index is 0.371. The van der Waals surface area contributed by atoms with Gasteiger partial charge in [0.15, 0.2) is 0 Å². The van der Waals surface area contributed by atoms with Crippen molar-refractivity contribution < 1.29 is 9.53 Å². The molecule has 2 aromatic rings. The fraction of sp³-hybridized carbons (Fsp3) is 0.188. The first kappa shape index (κ1) is 13.9. The zero-order valence-electron chi connectivity index (χ0n) is 11.9. The van der Waals surface area contributed by atoms with Gasteiger partial charge < -0.3 is 15.4 Å². The number of carbonyl (C=O) groups is 1. The van der Waals surface area contributed by atoms with Crippen molar-refractivity contribution in [3.05, 3.63) is 53.6 Å². The van der Waals surface area contributed by atoms with Crippen LogP contribution in [-0.4, -0.2) is 20.1 Å². The summed E-state index contributed by atoms with van der Waals surface area (Å²) in [6, 6.07) is 13.1. The van der Waals surface area contributed by atoms with Gasteiger partial charge in [-0.05, 0) is 36.8 Å². The molecule has 104 valence electrons. The van der Waals surface area contributed by atoms with Crippen molar-refractivity contribution in [1.82, 2.24) is 0 Å². The van der Waals surface area contributed by atoms with Crippen LogP contribution in [0.1, 0.15) is 15.9 Å². The van der Waals surface area contributed by atoms with Gasteiger partial charge in [0, 0.05) is 12.7 Å². The van der Waals surface area contributed by atoms with Crippen LogP contribution in [-0.2, 0) is 4.74 Å². The summed E-state index contributed by atoms with van der Waals surface area (Å²) < 4.78 is 4.74. The second-order valence-corrected chi connectivity index (χ2v) is 4.61. The number of ether oxygens (including phenoxy) is 1. The van der Waals surface area contributed by atoms with Crippen LogP contribution in [0.5, 0.6) is 0 Å². The minimum Gasteiger partial charge on any atom is -0.465 e. The Balaban J connectivity index is 2.46. The molecule has 2 aromatic carbocycles. The molecule has 0 heterocycles. The summed E-state index contributed by atoms with van der Waals surface area (Å²) in [5, 5.41) is 0. The topological polar surface area (TPSA) is 55.6 Å². The van der Waals surface area contributed by atoms with E-state index in [2.05, 4.69) is 0 Å². The van der Waals surface area contributed by atoms with Crippen molar-refractivity contribution in [3.63, 3.8) is 0 Å². The monoisotopic (exact) mass is 270 g/mol. The molecule has 4 heteroatoms. The Hall–Kier alpha value is -2.49. The molecule has 0 fully saturated rings. The molecular formula is C16H18N2O2. The Morgan fingerprint density at radius 2 is 1.85 bits per heavy atom. The fourth-order valence-electron chi connectivity index (χ4n) is 2.15. The standard InChI is InChI=1S/C16H18N2O2/c1-11-6-4-5-7-14(11)18(2)15-10-12(16(19)20-3)8-9-13(15)17/h4-10H,17H2,1-3H3. The van der Waals surface area contributed by atoms with Gasteiger partial charge in [-0.15, -0.1) is 0 Å². The molecule has 0 bridgehead atoms. The Morgan fingerprint density at radius 1 is 1.15 bits per heavy atom. The van der Waals surface area contributed by atoms with Crippen LogP contribution >= 0.6 is 0 Å². The summed E-state index contributed by atoms with van der Waals surface area (Å²) >= 11 is 0. The summed E-state index contributed by atoms with van der Waals surface area (Å²) in [5.74, 6) is -0.371. The van der Waals surface area contributed by atoms with Crippen molar-refractivity contribution in [2.45, 2.75) is 6.92 Å². The molecule has 0 aromatic heterocycles. The first-order chi connectivity index (χ1) is 9.54. The molecule has 0 aliphatic heterocycles. The average molecular weight is 270 g/mol. The number of nitrogens with two attached hydrogens (primary N) is 1. The Kier molecular flexibility index (Phi) is 3.94. The highest BCUT2D eigenvalue weighted by Crippen LogP contribution is 2.31. The predicted octanol–water partition coefficient (Wildman–Crippen LogP) is 3.13. The van der Waals surface area contributed by atoms with Crippen LogP contribution in [0.15, 0.2) is 42.5 Å². The summed E-state index contributed by atoms with van der Waals surface area (Å²) in [5.41, 5.74) is 10.1. The van der Waals surface area contributed by atoms with E-state index in [1.807, 2.05) is 43.1 Å². The van der Waals surface area contributed by atoms with E-state index in [1.54, 1.807) is 18.2 Å². The highest BCUT2D eigenvalue weighted by molar-refractivity contribution is 5.92. The van der Waals surface area contributed by atoms with Gasteiger partial charge in [-0.1, -0.05) is 18.2 Å². The summed E-state index contributed by atoms with van der Waals surface area (Å²) in [7, 11) is 3.29. The van der Waals surface area contributed by atoms with Gasteiger partial charge in [-0.2, -0.15) is 0 Å². The van der Waals surface area contributed by atoms with Crippen LogP contribution < -0.4 is 10.6 Å². The first-order valence-corrected chi connectivity index (χ1v) is 6.31. The zero-order chi connectivity index (χ0) is 14.7. The Bertz CT molecular complexity index is 638. The van der Waals surface area contributed by atoms with Gasteiger partial charge in [0.05, 0.1) is 24.0 Å². The normalized spacial score (nSPS) is 10.2. The molecule has 20 heavy (non-hydrogen) atoms. The zero-order valence-corrected chi connectivity index (χ0v) is 11.9. The molecule has 0 saturated heterocycles. The van der Waals surface area contributed by atoms with Gasteiger partial charge in [0.25, 0.3) is 0 Å². The lowest BCUT2D eigenvalue weighted by Crippen LogP contribution is -2.14. The number of rotatable bonds is 3. The van der Waals surface area contributed by atoms with E-state index in [0.29, 0.717) is 11.3 Å². The van der Waals surface area contributed by atoms with Crippen molar-refractivity contribution in [2.75, 3.05) is 24.8 Å². The van der Waals surface area contributed by atoms with Crippen LogP contribution in [0.2, 0.25) is 0 Å². The lowest BCUT2D eigenvalue weighted by molar-refractivity contribution is 0.0601. The number of nitrogen functional groups attached to an aromatic ring is 1. The first-order valence-electron chi connectivity index (χ1n) is 6.31. The summed E-state index contributed by atoms with van der Waals surface area (Å²) in [6.45, 7) is 2.03. The summed E-state index contributed by atoms with van der Waals surface area (Å²) in [6.07, 6.45) is 0. The number of anilines is 3. The van der Waals surface area contributed by atoms with Crippen LogP contribution in [0, 0.1) is 6.92 Å². The third-order valence-electron chi connectivity index (χ3n) is 3.29. The largest absolute Gasteiger partial charge is 0.465 e. The lowest BCUT2D eigenvalue weighted by Gasteiger charge is -2.23. The van der Waals surface area contributed by atoms with E-state index in [9.17, 15) is 4.79 Å². The summed E-state index contributed by atoms with van der Waals surface area (Å²) in [4.78, 5) is 13.6. The molecule has 0 saturated carbocycles. The maximum absolute atomic E-state index is 11.6. The molecule has 0 aliphatic carbocycles. The maximum Gasteiger partial charge on any atom is 0.337 e.